The van der Waals surface area contributed by atoms with E-state index in [0.29, 0.717) is 5.41 Å². The van der Waals surface area contributed by atoms with Crippen molar-refractivity contribution in [1.29, 1.82) is 0 Å². The molecule has 0 amide bonds. The lowest BCUT2D eigenvalue weighted by Gasteiger charge is -2.43. The number of furan rings is 1. The Bertz CT molecular complexity index is 471. The lowest BCUT2D eigenvalue weighted by Crippen LogP contribution is -2.50. The maximum absolute atomic E-state index is 6.01. The van der Waals surface area contributed by atoms with Crippen molar-refractivity contribution in [1.82, 2.24) is 9.80 Å². The van der Waals surface area contributed by atoms with Gasteiger partial charge in [0, 0.05) is 31.6 Å². The summed E-state index contributed by atoms with van der Waals surface area (Å²) in [5.74, 6) is 2.05. The van der Waals surface area contributed by atoms with E-state index < -0.39 is 0 Å². The van der Waals surface area contributed by atoms with Gasteiger partial charge in [0.2, 0.25) is 0 Å². The van der Waals surface area contributed by atoms with E-state index in [4.69, 9.17) is 9.15 Å². The molecule has 1 spiro atoms. The molecule has 1 aliphatic carbocycles. The molecule has 3 fully saturated rings. The summed E-state index contributed by atoms with van der Waals surface area (Å²) in [5, 5.41) is 0. The van der Waals surface area contributed by atoms with E-state index in [0.717, 1.165) is 44.5 Å². The molecule has 122 valence electrons. The average molecular weight is 304 g/mol. The summed E-state index contributed by atoms with van der Waals surface area (Å²) in [6.45, 7) is 8.75. The van der Waals surface area contributed by atoms with Gasteiger partial charge in [-0.3, -0.25) is 4.90 Å². The monoisotopic (exact) mass is 304 g/mol. The van der Waals surface area contributed by atoms with Crippen molar-refractivity contribution in [3.63, 3.8) is 0 Å². The van der Waals surface area contributed by atoms with Crippen molar-refractivity contribution >= 4 is 0 Å². The van der Waals surface area contributed by atoms with E-state index in [9.17, 15) is 0 Å². The van der Waals surface area contributed by atoms with Crippen molar-refractivity contribution < 1.29 is 9.15 Å². The Morgan fingerprint density at radius 2 is 2.09 bits per heavy atom. The molecule has 1 aromatic heterocycles. The van der Waals surface area contributed by atoms with Gasteiger partial charge in [0.05, 0.1) is 26.0 Å². The van der Waals surface area contributed by atoms with Crippen LogP contribution in [0.15, 0.2) is 22.8 Å². The SMILES string of the molecule is c1coc(CN2CCC[C@]3(COCCN(CC4CC4)C3)C2)c1. The fourth-order valence-electron chi connectivity index (χ4n) is 4.22. The molecule has 4 rings (SSSR count). The molecular weight excluding hydrogens is 276 g/mol. The van der Waals surface area contributed by atoms with Crippen LogP contribution in [0.5, 0.6) is 0 Å². The van der Waals surface area contributed by atoms with Crippen LogP contribution in [0, 0.1) is 11.3 Å². The first-order valence-corrected chi connectivity index (χ1v) is 8.86. The van der Waals surface area contributed by atoms with E-state index in [1.165, 1.54) is 45.3 Å². The maximum atomic E-state index is 6.01. The summed E-state index contributed by atoms with van der Waals surface area (Å²) in [4.78, 5) is 5.24. The predicted molar refractivity (Wildman–Crippen MR) is 85.6 cm³/mol. The highest BCUT2D eigenvalue weighted by molar-refractivity contribution is 5.00. The fourth-order valence-corrected chi connectivity index (χ4v) is 4.22. The van der Waals surface area contributed by atoms with Crippen LogP contribution in [0.4, 0.5) is 0 Å². The second-order valence-electron chi connectivity index (χ2n) is 7.62. The van der Waals surface area contributed by atoms with Crippen LogP contribution in [-0.4, -0.2) is 55.7 Å². The van der Waals surface area contributed by atoms with Gasteiger partial charge < -0.3 is 14.1 Å². The minimum absolute atomic E-state index is 0.330. The molecule has 4 nitrogen and oxygen atoms in total. The van der Waals surface area contributed by atoms with E-state index in [1.807, 2.05) is 6.07 Å². The number of ether oxygens (including phenoxy) is 1. The summed E-state index contributed by atoms with van der Waals surface area (Å²) in [5.41, 5.74) is 0.330. The van der Waals surface area contributed by atoms with Crippen molar-refractivity contribution in [3.05, 3.63) is 24.2 Å². The zero-order valence-corrected chi connectivity index (χ0v) is 13.5. The topological polar surface area (TPSA) is 28.9 Å². The van der Waals surface area contributed by atoms with E-state index in [2.05, 4.69) is 15.9 Å². The van der Waals surface area contributed by atoms with Gasteiger partial charge in [0.25, 0.3) is 0 Å². The zero-order chi connectivity index (χ0) is 14.8. The van der Waals surface area contributed by atoms with Crippen LogP contribution >= 0.6 is 0 Å². The minimum Gasteiger partial charge on any atom is -0.468 e. The zero-order valence-electron chi connectivity index (χ0n) is 13.5. The summed E-state index contributed by atoms with van der Waals surface area (Å²) in [7, 11) is 0. The van der Waals surface area contributed by atoms with E-state index in [-0.39, 0.29) is 0 Å². The Morgan fingerprint density at radius 3 is 2.91 bits per heavy atom. The van der Waals surface area contributed by atoms with E-state index >= 15 is 0 Å². The first kappa shape index (κ1) is 14.7. The Kier molecular flexibility index (Phi) is 4.25. The van der Waals surface area contributed by atoms with Gasteiger partial charge in [-0.1, -0.05) is 0 Å². The molecule has 0 aromatic carbocycles. The highest BCUT2D eigenvalue weighted by Crippen LogP contribution is 2.36. The molecule has 4 heteroatoms. The molecule has 0 radical (unpaired) electrons. The molecule has 0 bridgehead atoms. The van der Waals surface area contributed by atoms with Crippen LogP contribution in [-0.2, 0) is 11.3 Å². The Morgan fingerprint density at radius 1 is 1.18 bits per heavy atom. The third-order valence-electron chi connectivity index (χ3n) is 5.43. The Hall–Kier alpha value is -0.840. The first-order valence-electron chi connectivity index (χ1n) is 8.86. The fraction of sp³-hybridized carbons (Fsp3) is 0.778. The second-order valence-corrected chi connectivity index (χ2v) is 7.62. The standard InChI is InChI=1S/C18H28N2O2/c1-3-17(22-9-1)12-19-7-2-6-18(13-19)14-20(8-10-21-15-18)11-16-4-5-16/h1,3,9,16H,2,4-8,10-15H2/t18-/m0/s1. The molecule has 3 heterocycles. The van der Waals surface area contributed by atoms with Crippen LogP contribution in [0.1, 0.15) is 31.4 Å². The number of rotatable bonds is 4. The molecule has 2 aliphatic heterocycles. The summed E-state index contributed by atoms with van der Waals surface area (Å²) < 4.78 is 11.5. The number of hydrogen-bond acceptors (Lipinski definition) is 4. The first-order chi connectivity index (χ1) is 10.8. The summed E-state index contributed by atoms with van der Waals surface area (Å²) in [6, 6.07) is 4.07. The lowest BCUT2D eigenvalue weighted by molar-refractivity contribution is 0.000905. The molecule has 0 N–H and O–H groups in total. The molecular formula is C18H28N2O2. The number of hydrogen-bond donors (Lipinski definition) is 0. The smallest absolute Gasteiger partial charge is 0.117 e. The van der Waals surface area contributed by atoms with Gasteiger partial charge >= 0.3 is 0 Å². The molecule has 1 aromatic rings. The van der Waals surface area contributed by atoms with Crippen LogP contribution in [0.25, 0.3) is 0 Å². The molecule has 3 aliphatic rings. The molecule has 1 saturated carbocycles. The predicted octanol–water partition coefficient (Wildman–Crippen LogP) is 2.60. The van der Waals surface area contributed by atoms with Crippen LogP contribution < -0.4 is 0 Å². The third-order valence-corrected chi connectivity index (χ3v) is 5.43. The quantitative estimate of drug-likeness (QED) is 0.855. The number of nitrogens with zero attached hydrogens (tertiary/aromatic N) is 2. The molecule has 0 unspecified atom stereocenters. The molecule has 1 atom stereocenters. The number of piperidine rings is 1. The van der Waals surface area contributed by atoms with Gasteiger partial charge in [0.15, 0.2) is 0 Å². The van der Waals surface area contributed by atoms with Gasteiger partial charge in [-0.05, 0) is 50.3 Å². The number of likely N-dealkylation sites (tertiary alicyclic amines) is 1. The Balaban J connectivity index is 1.41. The maximum Gasteiger partial charge on any atom is 0.117 e. The van der Waals surface area contributed by atoms with Gasteiger partial charge in [-0.25, -0.2) is 0 Å². The average Bonchev–Trinajstić information content (AvgIpc) is 3.22. The van der Waals surface area contributed by atoms with Crippen molar-refractivity contribution in [2.75, 3.05) is 45.9 Å². The van der Waals surface area contributed by atoms with Crippen molar-refractivity contribution in [2.45, 2.75) is 32.2 Å². The highest BCUT2D eigenvalue weighted by atomic mass is 16.5. The second kappa shape index (κ2) is 6.34. The van der Waals surface area contributed by atoms with Crippen molar-refractivity contribution in [2.24, 2.45) is 11.3 Å². The van der Waals surface area contributed by atoms with E-state index in [1.54, 1.807) is 6.26 Å². The van der Waals surface area contributed by atoms with Gasteiger partial charge in [-0.2, -0.15) is 0 Å². The van der Waals surface area contributed by atoms with Crippen molar-refractivity contribution in [3.8, 4) is 0 Å². The van der Waals surface area contributed by atoms with Crippen LogP contribution in [0.3, 0.4) is 0 Å². The minimum atomic E-state index is 0.330. The van der Waals surface area contributed by atoms with Gasteiger partial charge in [-0.15, -0.1) is 0 Å². The summed E-state index contributed by atoms with van der Waals surface area (Å²) in [6.07, 6.45) is 7.25. The van der Waals surface area contributed by atoms with Gasteiger partial charge in [0.1, 0.15) is 5.76 Å². The highest BCUT2D eigenvalue weighted by Gasteiger charge is 2.39. The largest absolute Gasteiger partial charge is 0.468 e. The lowest BCUT2D eigenvalue weighted by atomic mass is 9.80. The molecule has 22 heavy (non-hydrogen) atoms. The normalized spacial score (nSPS) is 31.5. The molecule has 2 saturated heterocycles. The van der Waals surface area contributed by atoms with Crippen LogP contribution in [0.2, 0.25) is 0 Å². The Labute approximate surface area is 133 Å². The third kappa shape index (κ3) is 3.55. The summed E-state index contributed by atoms with van der Waals surface area (Å²) >= 11 is 0.